The van der Waals surface area contributed by atoms with Gasteiger partial charge in [0.25, 0.3) is 0 Å². The SMILES string of the molecule is CN1CCN(Cc2cccc(C3(N)C=NN4CN=C(N)N=C43)n2)CC1. The minimum atomic E-state index is -0.974. The van der Waals surface area contributed by atoms with E-state index in [0.717, 1.165) is 44.1 Å². The van der Waals surface area contributed by atoms with Gasteiger partial charge in [0.2, 0.25) is 5.96 Å². The van der Waals surface area contributed by atoms with Crippen LogP contribution in [0.4, 0.5) is 0 Å². The monoisotopic (exact) mass is 341 g/mol. The summed E-state index contributed by atoms with van der Waals surface area (Å²) < 4.78 is 0. The molecular formula is C16H23N9. The molecule has 0 radical (unpaired) electrons. The summed E-state index contributed by atoms with van der Waals surface area (Å²) in [6.45, 7) is 5.40. The molecule has 3 aliphatic heterocycles. The van der Waals surface area contributed by atoms with Crippen LogP contribution in [0.5, 0.6) is 0 Å². The second-order valence-electron chi connectivity index (χ2n) is 6.70. The number of aromatic nitrogens is 1. The molecule has 25 heavy (non-hydrogen) atoms. The third-order valence-electron chi connectivity index (χ3n) is 4.81. The second kappa shape index (κ2) is 6.17. The van der Waals surface area contributed by atoms with Crippen LogP contribution in [0.15, 0.2) is 33.3 Å². The third-order valence-corrected chi connectivity index (χ3v) is 4.81. The van der Waals surface area contributed by atoms with E-state index in [9.17, 15) is 0 Å². The highest BCUT2D eigenvalue weighted by Gasteiger charge is 2.43. The lowest BCUT2D eigenvalue weighted by atomic mass is 9.96. The normalized spacial score (nSPS) is 27.2. The van der Waals surface area contributed by atoms with Crippen molar-refractivity contribution in [1.82, 2.24) is 19.8 Å². The number of guanidine groups is 1. The number of hydrogen-bond acceptors (Lipinski definition) is 9. The molecule has 0 amide bonds. The van der Waals surface area contributed by atoms with E-state index in [0.29, 0.717) is 12.5 Å². The Morgan fingerprint density at radius 3 is 2.80 bits per heavy atom. The number of hydrogen-bond donors (Lipinski definition) is 2. The molecule has 0 aromatic carbocycles. The maximum Gasteiger partial charge on any atom is 0.219 e. The van der Waals surface area contributed by atoms with Gasteiger partial charge in [-0.05, 0) is 19.2 Å². The van der Waals surface area contributed by atoms with Gasteiger partial charge in [-0.1, -0.05) is 6.07 Å². The van der Waals surface area contributed by atoms with E-state index >= 15 is 0 Å². The lowest BCUT2D eigenvalue weighted by molar-refractivity contribution is 0.147. The van der Waals surface area contributed by atoms with Gasteiger partial charge < -0.3 is 16.4 Å². The number of hydrazone groups is 1. The van der Waals surface area contributed by atoms with E-state index in [-0.39, 0.29) is 5.96 Å². The van der Waals surface area contributed by atoms with Crippen molar-refractivity contribution < 1.29 is 0 Å². The summed E-state index contributed by atoms with van der Waals surface area (Å²) in [4.78, 5) is 17.9. The predicted octanol–water partition coefficient (Wildman–Crippen LogP) is -1.03. The number of nitrogens with two attached hydrogens (primary N) is 2. The number of nitrogens with zero attached hydrogens (tertiary/aromatic N) is 7. The third kappa shape index (κ3) is 3.01. The van der Waals surface area contributed by atoms with Crippen LogP contribution in [-0.2, 0) is 12.1 Å². The molecule has 0 aliphatic carbocycles. The minimum Gasteiger partial charge on any atom is -0.368 e. The highest BCUT2D eigenvalue weighted by Crippen LogP contribution is 2.26. The van der Waals surface area contributed by atoms with Gasteiger partial charge in [-0.2, -0.15) is 10.1 Å². The zero-order valence-corrected chi connectivity index (χ0v) is 14.3. The Balaban J connectivity index is 1.57. The molecule has 0 bridgehead atoms. The Hall–Kier alpha value is -2.36. The largest absolute Gasteiger partial charge is 0.368 e. The minimum absolute atomic E-state index is 0.222. The molecule has 1 aromatic heterocycles. The average Bonchev–Trinajstić information content (AvgIpc) is 2.95. The molecule has 1 saturated heterocycles. The van der Waals surface area contributed by atoms with Crippen molar-refractivity contribution in [2.45, 2.75) is 12.1 Å². The molecule has 1 aromatic rings. The van der Waals surface area contributed by atoms with Crippen molar-refractivity contribution in [1.29, 1.82) is 0 Å². The van der Waals surface area contributed by atoms with Crippen LogP contribution >= 0.6 is 0 Å². The van der Waals surface area contributed by atoms with Crippen LogP contribution in [-0.4, -0.2) is 77.7 Å². The Kier molecular flexibility index (Phi) is 3.98. The van der Waals surface area contributed by atoms with Crippen LogP contribution in [0.1, 0.15) is 11.4 Å². The molecule has 1 atom stereocenters. The standard InChI is InChI=1S/C16H23N9/c1-23-5-7-24(8-6-23)9-12-3-2-4-13(21-12)16(18)10-20-25-11-19-15(17)22-14(16)25/h2-4,10H,5-9,11,18H2,1H3,(H2,17,19). The van der Waals surface area contributed by atoms with E-state index in [1.807, 2.05) is 18.2 Å². The fraction of sp³-hybridized carbons (Fsp3) is 0.500. The highest BCUT2D eigenvalue weighted by molar-refractivity contribution is 6.13. The van der Waals surface area contributed by atoms with E-state index < -0.39 is 5.54 Å². The summed E-state index contributed by atoms with van der Waals surface area (Å²) in [5.41, 5.74) is 13.1. The number of rotatable bonds is 3. The fourth-order valence-corrected chi connectivity index (χ4v) is 3.24. The van der Waals surface area contributed by atoms with Crippen molar-refractivity contribution in [3.05, 3.63) is 29.6 Å². The van der Waals surface area contributed by atoms with Gasteiger partial charge >= 0.3 is 0 Å². The quantitative estimate of drug-likeness (QED) is 0.727. The Labute approximate surface area is 146 Å². The number of likely N-dealkylation sites (N-methyl/N-ethyl adjacent to an activating group) is 1. The molecule has 9 heteroatoms. The molecule has 4 N–H and O–H groups in total. The van der Waals surface area contributed by atoms with Crippen molar-refractivity contribution in [2.24, 2.45) is 26.6 Å². The number of aliphatic imine (C=N–C) groups is 2. The summed E-state index contributed by atoms with van der Waals surface area (Å²) in [6, 6.07) is 5.93. The zero-order valence-electron chi connectivity index (χ0n) is 14.3. The Morgan fingerprint density at radius 2 is 2.00 bits per heavy atom. The van der Waals surface area contributed by atoms with Crippen LogP contribution in [0.3, 0.4) is 0 Å². The first kappa shape index (κ1) is 16.1. The first-order valence-corrected chi connectivity index (χ1v) is 8.42. The van der Waals surface area contributed by atoms with Gasteiger partial charge in [-0.15, -0.1) is 0 Å². The van der Waals surface area contributed by atoms with Crippen LogP contribution in [0.2, 0.25) is 0 Å². The van der Waals surface area contributed by atoms with Crippen molar-refractivity contribution in [2.75, 3.05) is 39.9 Å². The molecule has 4 rings (SSSR count). The molecule has 1 unspecified atom stereocenters. The zero-order chi connectivity index (χ0) is 17.4. The number of piperazine rings is 1. The molecule has 0 spiro atoms. The van der Waals surface area contributed by atoms with Crippen LogP contribution in [0, 0.1) is 0 Å². The smallest absolute Gasteiger partial charge is 0.219 e. The van der Waals surface area contributed by atoms with Gasteiger partial charge in [0.1, 0.15) is 6.67 Å². The summed E-state index contributed by atoms with van der Waals surface area (Å²) >= 11 is 0. The summed E-state index contributed by atoms with van der Waals surface area (Å²) in [5.74, 6) is 0.796. The fourth-order valence-electron chi connectivity index (χ4n) is 3.24. The topological polar surface area (TPSA) is 112 Å². The Morgan fingerprint density at radius 1 is 1.20 bits per heavy atom. The first-order chi connectivity index (χ1) is 12.0. The molecule has 132 valence electrons. The highest BCUT2D eigenvalue weighted by atomic mass is 15.6. The van der Waals surface area contributed by atoms with Crippen molar-refractivity contribution >= 4 is 18.0 Å². The van der Waals surface area contributed by atoms with E-state index in [1.54, 1.807) is 11.2 Å². The molecule has 0 saturated carbocycles. The van der Waals surface area contributed by atoms with Gasteiger partial charge in [-0.25, -0.2) is 10.0 Å². The lowest BCUT2D eigenvalue weighted by Crippen LogP contribution is -2.50. The predicted molar refractivity (Wildman–Crippen MR) is 97.1 cm³/mol. The van der Waals surface area contributed by atoms with E-state index in [1.165, 1.54) is 0 Å². The molecule has 4 heterocycles. The number of pyridine rings is 1. The average molecular weight is 341 g/mol. The van der Waals surface area contributed by atoms with Crippen molar-refractivity contribution in [3.63, 3.8) is 0 Å². The molecular weight excluding hydrogens is 318 g/mol. The van der Waals surface area contributed by atoms with Crippen molar-refractivity contribution in [3.8, 4) is 0 Å². The van der Waals surface area contributed by atoms with Crippen LogP contribution < -0.4 is 11.5 Å². The van der Waals surface area contributed by atoms with Crippen LogP contribution in [0.25, 0.3) is 0 Å². The summed E-state index contributed by atoms with van der Waals surface area (Å²) in [5, 5.41) is 5.97. The van der Waals surface area contributed by atoms with E-state index in [2.05, 4.69) is 31.9 Å². The second-order valence-corrected chi connectivity index (χ2v) is 6.70. The van der Waals surface area contributed by atoms with Gasteiger partial charge in [0, 0.05) is 32.7 Å². The summed E-state index contributed by atoms with van der Waals surface area (Å²) in [7, 11) is 2.15. The molecule has 9 nitrogen and oxygen atoms in total. The Bertz CT molecular complexity index is 748. The summed E-state index contributed by atoms with van der Waals surface area (Å²) in [6.07, 6.45) is 1.67. The van der Waals surface area contributed by atoms with Gasteiger partial charge in [0.05, 0.1) is 17.6 Å². The maximum absolute atomic E-state index is 6.60. The van der Waals surface area contributed by atoms with Gasteiger partial charge in [-0.3, -0.25) is 9.88 Å². The lowest BCUT2D eigenvalue weighted by Gasteiger charge is -2.32. The van der Waals surface area contributed by atoms with Gasteiger partial charge in [0.15, 0.2) is 11.4 Å². The van der Waals surface area contributed by atoms with E-state index in [4.69, 9.17) is 16.5 Å². The first-order valence-electron chi connectivity index (χ1n) is 8.42. The molecule has 3 aliphatic rings. The molecule has 1 fully saturated rings. The number of fused-ring (bicyclic) bond motifs is 1. The maximum atomic E-state index is 6.60. The number of amidine groups is 1.